The number of ether oxygens (including phenoxy) is 2. The molecule has 1 rings (SSSR count). The molecule has 0 bridgehead atoms. The molecule has 8 nitrogen and oxygen atoms in total. The zero-order valence-corrected chi connectivity index (χ0v) is 11.5. The van der Waals surface area contributed by atoms with Crippen LogP contribution in [-0.2, 0) is 9.53 Å². The molecule has 0 amide bonds. The fourth-order valence-electron chi connectivity index (χ4n) is 1.65. The molecule has 1 aromatic carbocycles. The number of carboxylic acid groups (broad SMARTS) is 1. The van der Waals surface area contributed by atoms with Crippen molar-refractivity contribution in [2.75, 3.05) is 26.1 Å². The second-order valence-corrected chi connectivity index (χ2v) is 4.10. The van der Waals surface area contributed by atoms with Gasteiger partial charge >= 0.3 is 5.97 Å². The third-order valence-corrected chi connectivity index (χ3v) is 2.72. The minimum Gasteiger partial charge on any atom is -0.494 e. The van der Waals surface area contributed by atoms with Gasteiger partial charge in [0.2, 0.25) is 0 Å². The Morgan fingerprint density at radius 3 is 2.67 bits per heavy atom. The SMILES string of the molecule is COc1cc(NCC(CC(=O)O)OC)c([N+](=O)[O-])cc1F. The summed E-state index contributed by atoms with van der Waals surface area (Å²) in [5.41, 5.74) is -0.454. The van der Waals surface area contributed by atoms with E-state index in [4.69, 9.17) is 14.6 Å². The van der Waals surface area contributed by atoms with Gasteiger partial charge in [0.25, 0.3) is 5.69 Å². The average molecular weight is 302 g/mol. The summed E-state index contributed by atoms with van der Waals surface area (Å²) < 4.78 is 23.2. The smallest absolute Gasteiger partial charge is 0.306 e. The number of hydrogen-bond donors (Lipinski definition) is 2. The number of hydrogen-bond acceptors (Lipinski definition) is 6. The quantitative estimate of drug-likeness (QED) is 0.554. The Balaban J connectivity index is 2.95. The Bertz CT molecular complexity index is 537. The molecule has 0 spiro atoms. The van der Waals surface area contributed by atoms with E-state index in [0.29, 0.717) is 0 Å². The monoisotopic (exact) mass is 302 g/mol. The predicted molar refractivity (Wildman–Crippen MR) is 71.1 cm³/mol. The average Bonchev–Trinajstić information content (AvgIpc) is 2.43. The first kappa shape index (κ1) is 16.6. The zero-order chi connectivity index (χ0) is 16.0. The van der Waals surface area contributed by atoms with Crippen LogP contribution < -0.4 is 10.1 Å². The highest BCUT2D eigenvalue weighted by molar-refractivity contribution is 5.68. The van der Waals surface area contributed by atoms with Crippen LogP contribution >= 0.6 is 0 Å². The fourth-order valence-corrected chi connectivity index (χ4v) is 1.65. The third-order valence-electron chi connectivity index (χ3n) is 2.72. The number of benzene rings is 1. The van der Waals surface area contributed by atoms with Gasteiger partial charge in [0.15, 0.2) is 11.6 Å². The minimum absolute atomic E-state index is 0.0123. The van der Waals surface area contributed by atoms with Gasteiger partial charge < -0.3 is 19.9 Å². The lowest BCUT2D eigenvalue weighted by molar-refractivity contribution is -0.384. The van der Waals surface area contributed by atoms with E-state index in [1.54, 1.807) is 0 Å². The summed E-state index contributed by atoms with van der Waals surface area (Å²) in [7, 11) is 2.56. The van der Waals surface area contributed by atoms with Crippen LogP contribution in [0.5, 0.6) is 5.75 Å². The summed E-state index contributed by atoms with van der Waals surface area (Å²) in [5.74, 6) is -2.08. The van der Waals surface area contributed by atoms with Gasteiger partial charge in [-0.2, -0.15) is 0 Å². The van der Waals surface area contributed by atoms with Crippen LogP contribution in [0.3, 0.4) is 0 Å². The Morgan fingerprint density at radius 1 is 1.52 bits per heavy atom. The van der Waals surface area contributed by atoms with Crippen LogP contribution in [0.4, 0.5) is 15.8 Å². The molecule has 9 heteroatoms. The summed E-state index contributed by atoms with van der Waals surface area (Å²) in [6, 6.07) is 1.88. The first-order chi connectivity index (χ1) is 9.88. The van der Waals surface area contributed by atoms with Crippen molar-refractivity contribution in [2.24, 2.45) is 0 Å². The van der Waals surface area contributed by atoms with Crippen molar-refractivity contribution >= 4 is 17.3 Å². The summed E-state index contributed by atoms with van der Waals surface area (Å²) in [6.07, 6.45) is -0.950. The number of anilines is 1. The van der Waals surface area contributed by atoms with Gasteiger partial charge in [0, 0.05) is 19.7 Å². The number of rotatable bonds is 8. The van der Waals surface area contributed by atoms with E-state index in [9.17, 15) is 19.3 Å². The van der Waals surface area contributed by atoms with E-state index in [2.05, 4.69) is 5.32 Å². The molecule has 0 fully saturated rings. The number of halogens is 1. The second-order valence-electron chi connectivity index (χ2n) is 4.10. The number of methoxy groups -OCH3 is 2. The topological polar surface area (TPSA) is 111 Å². The van der Waals surface area contributed by atoms with Gasteiger partial charge in [0.05, 0.1) is 30.6 Å². The molecule has 116 valence electrons. The Hall–Kier alpha value is -2.42. The Morgan fingerprint density at radius 2 is 2.19 bits per heavy atom. The van der Waals surface area contributed by atoms with Crippen molar-refractivity contribution in [3.05, 3.63) is 28.1 Å². The van der Waals surface area contributed by atoms with Crippen molar-refractivity contribution in [2.45, 2.75) is 12.5 Å². The summed E-state index contributed by atoms with van der Waals surface area (Å²) in [4.78, 5) is 20.8. The molecule has 0 radical (unpaired) electrons. The summed E-state index contributed by atoms with van der Waals surface area (Å²) in [5, 5.41) is 22.3. The fraction of sp³-hybridized carbons (Fsp3) is 0.417. The van der Waals surface area contributed by atoms with Gasteiger partial charge in [-0.15, -0.1) is 0 Å². The first-order valence-electron chi connectivity index (χ1n) is 5.89. The highest BCUT2D eigenvalue weighted by Gasteiger charge is 2.20. The van der Waals surface area contributed by atoms with Crippen molar-refractivity contribution in [1.29, 1.82) is 0 Å². The standard InChI is InChI=1S/C12H15FN2O6/c1-20-7(3-12(16)17)6-14-9-5-11(21-2)8(13)4-10(9)15(18)19/h4-5,7,14H,3,6H2,1-2H3,(H,16,17). The van der Waals surface area contributed by atoms with Gasteiger partial charge in [-0.3, -0.25) is 14.9 Å². The molecular formula is C12H15FN2O6. The number of carbonyl (C=O) groups is 1. The maximum atomic E-state index is 13.5. The van der Waals surface area contributed by atoms with E-state index < -0.39 is 28.5 Å². The lowest BCUT2D eigenvalue weighted by Crippen LogP contribution is -2.25. The molecular weight excluding hydrogens is 287 g/mol. The Labute approximate surface area is 119 Å². The number of aliphatic carboxylic acids is 1. The molecule has 1 aromatic rings. The lowest BCUT2D eigenvalue weighted by Gasteiger charge is -2.15. The molecule has 0 saturated carbocycles. The number of nitrogens with zero attached hydrogens (tertiary/aromatic N) is 1. The van der Waals surface area contributed by atoms with Crippen molar-refractivity contribution in [3.8, 4) is 5.75 Å². The molecule has 1 atom stereocenters. The first-order valence-corrected chi connectivity index (χ1v) is 5.89. The number of carboxylic acids is 1. The highest BCUT2D eigenvalue weighted by atomic mass is 19.1. The molecule has 21 heavy (non-hydrogen) atoms. The number of nitro groups is 1. The lowest BCUT2D eigenvalue weighted by atomic mass is 10.2. The maximum absolute atomic E-state index is 13.5. The molecule has 2 N–H and O–H groups in total. The molecule has 1 unspecified atom stereocenters. The van der Waals surface area contributed by atoms with Crippen LogP contribution in [0, 0.1) is 15.9 Å². The third kappa shape index (κ3) is 4.56. The molecule has 0 saturated heterocycles. The van der Waals surface area contributed by atoms with E-state index in [1.165, 1.54) is 14.2 Å². The normalized spacial score (nSPS) is 11.8. The van der Waals surface area contributed by atoms with Crippen molar-refractivity contribution in [3.63, 3.8) is 0 Å². The van der Waals surface area contributed by atoms with Gasteiger partial charge in [0.1, 0.15) is 5.69 Å². The van der Waals surface area contributed by atoms with E-state index in [-0.39, 0.29) is 24.4 Å². The van der Waals surface area contributed by atoms with E-state index >= 15 is 0 Å². The number of nitrogens with one attached hydrogen (secondary N) is 1. The van der Waals surface area contributed by atoms with E-state index in [0.717, 1.165) is 12.1 Å². The predicted octanol–water partition coefficient (Wildman–Crippen LogP) is 1.64. The van der Waals surface area contributed by atoms with Gasteiger partial charge in [-0.05, 0) is 0 Å². The van der Waals surface area contributed by atoms with Crippen LogP contribution in [0.2, 0.25) is 0 Å². The van der Waals surface area contributed by atoms with Crippen LogP contribution in [-0.4, -0.2) is 42.9 Å². The van der Waals surface area contributed by atoms with Crippen LogP contribution in [0.25, 0.3) is 0 Å². The molecule has 0 aromatic heterocycles. The van der Waals surface area contributed by atoms with Crippen LogP contribution in [0.15, 0.2) is 12.1 Å². The van der Waals surface area contributed by atoms with Gasteiger partial charge in [-0.25, -0.2) is 4.39 Å². The van der Waals surface area contributed by atoms with Crippen LogP contribution in [0.1, 0.15) is 6.42 Å². The van der Waals surface area contributed by atoms with E-state index in [1.807, 2.05) is 0 Å². The molecule has 0 aliphatic rings. The highest BCUT2D eigenvalue weighted by Crippen LogP contribution is 2.31. The number of nitro benzene ring substituents is 1. The van der Waals surface area contributed by atoms with Crippen molar-refractivity contribution < 1.29 is 28.7 Å². The molecule has 0 heterocycles. The van der Waals surface area contributed by atoms with Gasteiger partial charge in [-0.1, -0.05) is 0 Å². The zero-order valence-electron chi connectivity index (χ0n) is 11.5. The largest absolute Gasteiger partial charge is 0.494 e. The minimum atomic E-state index is -1.06. The molecule has 0 aliphatic carbocycles. The maximum Gasteiger partial charge on any atom is 0.306 e. The second kappa shape index (κ2) is 7.39. The van der Waals surface area contributed by atoms with Crippen molar-refractivity contribution in [1.82, 2.24) is 0 Å². The summed E-state index contributed by atoms with van der Waals surface area (Å²) in [6.45, 7) is 0.0123. The summed E-state index contributed by atoms with van der Waals surface area (Å²) >= 11 is 0. The Kier molecular flexibility index (Phi) is 5.85. The molecule has 0 aliphatic heterocycles.